The number of pyridine rings is 1. The Morgan fingerprint density at radius 3 is 2.67 bits per heavy atom. The third-order valence-corrected chi connectivity index (χ3v) is 2.15. The smallest absolute Gasteiger partial charge is 0.150 e. The molecule has 0 aliphatic rings. The molecule has 0 amide bonds. The Kier molecular flexibility index (Phi) is 2.54. The Bertz CT molecular complexity index is 496. The number of aromatic nitrogens is 1. The summed E-state index contributed by atoms with van der Waals surface area (Å²) < 4.78 is 13.4. The number of hydrogen-bond acceptors (Lipinski definition) is 2. The van der Waals surface area contributed by atoms with Crippen LogP contribution >= 0.6 is 0 Å². The highest BCUT2D eigenvalue weighted by molar-refractivity contribution is 5.87. The van der Waals surface area contributed by atoms with E-state index in [0.29, 0.717) is 16.7 Å². The summed E-state index contributed by atoms with van der Waals surface area (Å²) in [5, 5.41) is 0. The van der Waals surface area contributed by atoms with E-state index in [4.69, 9.17) is 0 Å². The summed E-state index contributed by atoms with van der Waals surface area (Å²) in [5.41, 5.74) is 1.46. The van der Waals surface area contributed by atoms with Gasteiger partial charge in [-0.15, -0.1) is 0 Å². The van der Waals surface area contributed by atoms with Crippen molar-refractivity contribution in [3.05, 3.63) is 54.1 Å². The van der Waals surface area contributed by atoms with Gasteiger partial charge in [-0.25, -0.2) is 4.39 Å². The topological polar surface area (TPSA) is 30.0 Å². The highest BCUT2D eigenvalue weighted by Gasteiger charge is 2.07. The molecule has 3 heteroatoms. The molecule has 1 heterocycles. The summed E-state index contributed by atoms with van der Waals surface area (Å²) in [7, 11) is 0. The molecule has 0 bridgehead atoms. The maximum Gasteiger partial charge on any atom is 0.150 e. The summed E-state index contributed by atoms with van der Waals surface area (Å²) in [6.07, 6.45) is 3.35. The Hall–Kier alpha value is -2.03. The molecule has 2 nitrogen and oxygen atoms in total. The number of nitrogens with zero attached hydrogens (tertiary/aromatic N) is 1. The molecule has 74 valence electrons. The molecule has 0 saturated heterocycles. The van der Waals surface area contributed by atoms with E-state index in [9.17, 15) is 9.18 Å². The second kappa shape index (κ2) is 4.00. The van der Waals surface area contributed by atoms with Crippen molar-refractivity contribution >= 4 is 6.29 Å². The second-order valence-corrected chi connectivity index (χ2v) is 3.06. The van der Waals surface area contributed by atoms with E-state index in [-0.39, 0.29) is 0 Å². The second-order valence-electron chi connectivity index (χ2n) is 3.06. The lowest BCUT2D eigenvalue weighted by molar-refractivity contribution is 0.112. The van der Waals surface area contributed by atoms with E-state index in [1.807, 2.05) is 0 Å². The first-order valence-corrected chi connectivity index (χ1v) is 4.47. The molecule has 0 atom stereocenters. The largest absolute Gasteiger partial charge is 0.298 e. The molecule has 0 fully saturated rings. The van der Waals surface area contributed by atoms with Crippen molar-refractivity contribution in [2.45, 2.75) is 0 Å². The molecule has 1 aromatic carbocycles. The molecular weight excluding hydrogens is 193 g/mol. The van der Waals surface area contributed by atoms with E-state index in [1.165, 1.54) is 6.20 Å². The van der Waals surface area contributed by atoms with Crippen LogP contribution in [-0.4, -0.2) is 11.3 Å². The van der Waals surface area contributed by atoms with Gasteiger partial charge in [-0.05, 0) is 11.6 Å². The number of halogens is 1. The molecule has 2 aromatic rings. The van der Waals surface area contributed by atoms with Gasteiger partial charge >= 0.3 is 0 Å². The number of rotatable bonds is 2. The molecule has 0 aliphatic heterocycles. The van der Waals surface area contributed by atoms with Crippen LogP contribution in [-0.2, 0) is 0 Å². The van der Waals surface area contributed by atoms with E-state index >= 15 is 0 Å². The van der Waals surface area contributed by atoms with E-state index < -0.39 is 5.82 Å². The lowest BCUT2D eigenvalue weighted by Gasteiger charge is -2.04. The van der Waals surface area contributed by atoms with Gasteiger partial charge in [0.15, 0.2) is 6.29 Å². The molecule has 0 spiro atoms. The van der Waals surface area contributed by atoms with Crippen LogP contribution in [0.15, 0.2) is 42.7 Å². The molecule has 0 radical (unpaired) electrons. The average molecular weight is 201 g/mol. The Labute approximate surface area is 86.4 Å². The van der Waals surface area contributed by atoms with Crippen molar-refractivity contribution < 1.29 is 9.18 Å². The van der Waals surface area contributed by atoms with Crippen LogP contribution in [0.4, 0.5) is 4.39 Å². The normalized spacial score (nSPS) is 9.93. The van der Waals surface area contributed by atoms with Gasteiger partial charge in [0.05, 0.1) is 6.20 Å². The molecule has 0 N–H and O–H groups in total. The predicted octanol–water partition coefficient (Wildman–Crippen LogP) is 2.70. The predicted molar refractivity (Wildman–Crippen MR) is 55.0 cm³/mol. The van der Waals surface area contributed by atoms with Gasteiger partial charge in [-0.1, -0.05) is 24.3 Å². The first-order chi connectivity index (χ1) is 7.33. The summed E-state index contributed by atoms with van der Waals surface area (Å²) in [6, 6.07) is 8.43. The van der Waals surface area contributed by atoms with Crippen LogP contribution in [0.2, 0.25) is 0 Å². The monoisotopic (exact) mass is 201 g/mol. The molecule has 2 rings (SSSR count). The molecular formula is C12H8FNO. The van der Waals surface area contributed by atoms with Crippen molar-refractivity contribution in [1.29, 1.82) is 0 Å². The third kappa shape index (κ3) is 1.76. The number of carbonyl (C=O) groups excluding carboxylic acids is 1. The minimum absolute atomic E-state index is 0.396. The summed E-state index contributed by atoms with van der Waals surface area (Å²) in [6.45, 7) is 0. The fraction of sp³-hybridized carbons (Fsp3) is 0. The van der Waals surface area contributed by atoms with E-state index in [0.717, 1.165) is 12.5 Å². The van der Waals surface area contributed by atoms with Gasteiger partial charge in [0, 0.05) is 17.3 Å². The molecule has 1 aromatic heterocycles. The van der Waals surface area contributed by atoms with Gasteiger partial charge in [0.1, 0.15) is 5.82 Å². The standard InChI is InChI=1S/C12H8FNO/c13-12-7-14-6-5-11(12)10-4-2-1-3-9(10)8-15/h1-8H. The Morgan fingerprint density at radius 2 is 1.93 bits per heavy atom. The van der Waals surface area contributed by atoms with Crippen LogP contribution < -0.4 is 0 Å². The quantitative estimate of drug-likeness (QED) is 0.699. The van der Waals surface area contributed by atoms with Crippen LogP contribution in [0.1, 0.15) is 10.4 Å². The lowest BCUT2D eigenvalue weighted by atomic mass is 10.0. The van der Waals surface area contributed by atoms with E-state index in [2.05, 4.69) is 4.98 Å². The van der Waals surface area contributed by atoms with Gasteiger partial charge in [0.2, 0.25) is 0 Å². The third-order valence-electron chi connectivity index (χ3n) is 2.15. The molecule has 0 aliphatic carbocycles. The fourth-order valence-corrected chi connectivity index (χ4v) is 1.44. The van der Waals surface area contributed by atoms with Gasteiger partial charge in [0.25, 0.3) is 0 Å². The highest BCUT2D eigenvalue weighted by Crippen LogP contribution is 2.24. The minimum Gasteiger partial charge on any atom is -0.298 e. The zero-order valence-electron chi connectivity index (χ0n) is 7.85. The van der Waals surface area contributed by atoms with Crippen molar-refractivity contribution in [2.24, 2.45) is 0 Å². The molecule has 0 unspecified atom stereocenters. The van der Waals surface area contributed by atoms with Gasteiger partial charge < -0.3 is 0 Å². The first kappa shape index (κ1) is 9.52. The summed E-state index contributed by atoms with van der Waals surface area (Å²) >= 11 is 0. The number of aldehydes is 1. The fourth-order valence-electron chi connectivity index (χ4n) is 1.44. The van der Waals surface area contributed by atoms with Crippen molar-refractivity contribution in [3.63, 3.8) is 0 Å². The number of hydrogen-bond donors (Lipinski definition) is 0. The van der Waals surface area contributed by atoms with Crippen LogP contribution in [0.25, 0.3) is 11.1 Å². The maximum absolute atomic E-state index is 13.4. The SMILES string of the molecule is O=Cc1ccccc1-c1ccncc1F. The van der Waals surface area contributed by atoms with Crippen LogP contribution in [0, 0.1) is 5.82 Å². The zero-order chi connectivity index (χ0) is 10.7. The average Bonchev–Trinajstić information content (AvgIpc) is 2.30. The van der Waals surface area contributed by atoms with Gasteiger partial charge in [-0.3, -0.25) is 9.78 Å². The molecule has 0 saturated carbocycles. The van der Waals surface area contributed by atoms with E-state index in [1.54, 1.807) is 30.3 Å². The lowest BCUT2D eigenvalue weighted by Crippen LogP contribution is -1.90. The Balaban J connectivity index is 2.64. The first-order valence-electron chi connectivity index (χ1n) is 4.47. The maximum atomic E-state index is 13.4. The van der Waals surface area contributed by atoms with Gasteiger partial charge in [-0.2, -0.15) is 0 Å². The molecule has 15 heavy (non-hydrogen) atoms. The van der Waals surface area contributed by atoms with Crippen LogP contribution in [0.5, 0.6) is 0 Å². The van der Waals surface area contributed by atoms with Crippen molar-refractivity contribution in [3.8, 4) is 11.1 Å². The van der Waals surface area contributed by atoms with Crippen molar-refractivity contribution in [2.75, 3.05) is 0 Å². The van der Waals surface area contributed by atoms with Crippen molar-refractivity contribution in [1.82, 2.24) is 4.98 Å². The number of benzene rings is 1. The highest BCUT2D eigenvalue weighted by atomic mass is 19.1. The zero-order valence-corrected chi connectivity index (χ0v) is 7.85. The summed E-state index contributed by atoms with van der Waals surface area (Å²) in [5.74, 6) is -0.424. The number of carbonyl (C=O) groups is 1. The van der Waals surface area contributed by atoms with Crippen LogP contribution in [0.3, 0.4) is 0 Å². The Morgan fingerprint density at radius 1 is 1.13 bits per heavy atom. The minimum atomic E-state index is -0.424. The summed E-state index contributed by atoms with van der Waals surface area (Å²) in [4.78, 5) is 14.4.